The van der Waals surface area contributed by atoms with Crippen LogP contribution < -0.4 is 10.1 Å². The zero-order valence-electron chi connectivity index (χ0n) is 18.4. The Hall–Kier alpha value is -2.94. The zero-order chi connectivity index (χ0) is 23.4. The van der Waals surface area contributed by atoms with Crippen LogP contribution in [0, 0.1) is 12.7 Å². The number of carbonyl (C=O) groups excluding carboxylic acids is 1. The van der Waals surface area contributed by atoms with Gasteiger partial charge in [0.05, 0.1) is 37.0 Å². The van der Waals surface area contributed by atoms with E-state index in [-0.39, 0.29) is 33.6 Å². The van der Waals surface area contributed by atoms with Crippen molar-refractivity contribution < 1.29 is 23.2 Å². The van der Waals surface area contributed by atoms with E-state index in [0.29, 0.717) is 19.8 Å². The van der Waals surface area contributed by atoms with Crippen LogP contribution in [-0.4, -0.2) is 55.9 Å². The summed E-state index contributed by atoms with van der Waals surface area (Å²) in [6, 6.07) is 12.0. The standard InChI is InChI=1S/C24H25ClFN3O4/c1-15-21(23(28-33-15)22-18(25)4-3-5-19(22)26)24(30)27-14-20(29-10-12-32-13-11-29)16-6-8-17(31-2)9-7-16/h3-9,20H,10-14H2,1-2H3,(H,27,30)/t20-/m1/s1. The number of hydrogen-bond donors (Lipinski definition) is 1. The zero-order valence-corrected chi connectivity index (χ0v) is 19.2. The highest BCUT2D eigenvalue weighted by Gasteiger charge is 2.28. The molecule has 1 amide bonds. The molecule has 33 heavy (non-hydrogen) atoms. The van der Waals surface area contributed by atoms with Crippen molar-refractivity contribution in [2.24, 2.45) is 0 Å². The molecule has 0 radical (unpaired) electrons. The lowest BCUT2D eigenvalue weighted by Crippen LogP contribution is -2.43. The molecule has 0 aliphatic carbocycles. The van der Waals surface area contributed by atoms with Crippen molar-refractivity contribution in [1.29, 1.82) is 0 Å². The molecule has 2 aromatic carbocycles. The van der Waals surface area contributed by atoms with Crippen molar-refractivity contribution in [3.63, 3.8) is 0 Å². The molecular weight excluding hydrogens is 449 g/mol. The maximum atomic E-state index is 14.5. The average Bonchev–Trinajstić information content (AvgIpc) is 3.21. The molecule has 3 aromatic rings. The first-order chi connectivity index (χ1) is 16.0. The van der Waals surface area contributed by atoms with Gasteiger partial charge in [-0.15, -0.1) is 0 Å². The number of aromatic nitrogens is 1. The van der Waals surface area contributed by atoms with Gasteiger partial charge in [0, 0.05) is 19.6 Å². The smallest absolute Gasteiger partial charge is 0.257 e. The van der Waals surface area contributed by atoms with Crippen molar-refractivity contribution in [3.8, 4) is 17.0 Å². The lowest BCUT2D eigenvalue weighted by atomic mass is 10.0. The van der Waals surface area contributed by atoms with Crippen LogP contribution in [0.2, 0.25) is 5.02 Å². The minimum Gasteiger partial charge on any atom is -0.497 e. The highest BCUT2D eigenvalue weighted by atomic mass is 35.5. The summed E-state index contributed by atoms with van der Waals surface area (Å²) in [5, 5.41) is 7.06. The number of benzene rings is 2. The molecule has 1 fully saturated rings. The third kappa shape index (κ3) is 5.03. The molecule has 0 saturated carbocycles. The maximum Gasteiger partial charge on any atom is 0.257 e. The molecule has 2 heterocycles. The molecule has 0 unspecified atom stereocenters. The summed E-state index contributed by atoms with van der Waals surface area (Å²) in [5.74, 6) is 0.0633. The number of nitrogens with zero attached hydrogens (tertiary/aromatic N) is 2. The number of methoxy groups -OCH3 is 1. The molecule has 1 aromatic heterocycles. The fourth-order valence-electron chi connectivity index (χ4n) is 3.98. The van der Waals surface area contributed by atoms with Crippen LogP contribution in [0.3, 0.4) is 0 Å². The highest BCUT2D eigenvalue weighted by molar-refractivity contribution is 6.33. The summed E-state index contributed by atoms with van der Waals surface area (Å²) in [6.45, 7) is 4.69. The van der Waals surface area contributed by atoms with E-state index in [4.69, 9.17) is 25.6 Å². The molecule has 1 aliphatic rings. The van der Waals surface area contributed by atoms with Crippen LogP contribution in [0.25, 0.3) is 11.3 Å². The Bertz CT molecular complexity index is 1090. The SMILES string of the molecule is COc1ccc([C@@H](CNC(=O)c2c(-c3c(F)cccc3Cl)noc2C)N2CCOCC2)cc1. The number of halogens is 2. The van der Waals surface area contributed by atoms with Gasteiger partial charge in [-0.2, -0.15) is 0 Å². The molecular formula is C24H25ClFN3O4. The van der Waals surface area contributed by atoms with Gasteiger partial charge < -0.3 is 19.3 Å². The van der Waals surface area contributed by atoms with Crippen LogP contribution in [0.15, 0.2) is 47.0 Å². The third-order valence-electron chi connectivity index (χ3n) is 5.73. The summed E-state index contributed by atoms with van der Waals surface area (Å²) in [6.07, 6.45) is 0. The lowest BCUT2D eigenvalue weighted by molar-refractivity contribution is 0.0162. The number of nitrogens with one attached hydrogen (secondary N) is 1. The van der Waals surface area contributed by atoms with Gasteiger partial charge in [0.25, 0.3) is 5.91 Å². The number of carbonyl (C=O) groups is 1. The Balaban J connectivity index is 1.59. The van der Waals surface area contributed by atoms with E-state index in [2.05, 4.69) is 15.4 Å². The van der Waals surface area contributed by atoms with E-state index in [1.54, 1.807) is 20.1 Å². The van der Waals surface area contributed by atoms with E-state index >= 15 is 0 Å². The number of ether oxygens (including phenoxy) is 2. The van der Waals surface area contributed by atoms with Gasteiger partial charge >= 0.3 is 0 Å². The summed E-state index contributed by atoms with van der Waals surface area (Å²) in [5.41, 5.74) is 1.33. The van der Waals surface area contributed by atoms with Gasteiger partial charge in [0.15, 0.2) is 0 Å². The van der Waals surface area contributed by atoms with Crippen LogP contribution in [0.5, 0.6) is 5.75 Å². The monoisotopic (exact) mass is 473 g/mol. The van der Waals surface area contributed by atoms with E-state index in [1.807, 2.05) is 24.3 Å². The second-order valence-corrected chi connectivity index (χ2v) is 8.11. The van der Waals surface area contributed by atoms with Crippen molar-refractivity contribution in [3.05, 3.63) is 70.2 Å². The van der Waals surface area contributed by atoms with Crippen LogP contribution in [0.4, 0.5) is 4.39 Å². The van der Waals surface area contributed by atoms with Gasteiger partial charge in [0.2, 0.25) is 0 Å². The largest absolute Gasteiger partial charge is 0.497 e. The van der Waals surface area contributed by atoms with Crippen LogP contribution in [-0.2, 0) is 4.74 Å². The summed E-state index contributed by atoms with van der Waals surface area (Å²) in [7, 11) is 1.62. The number of aryl methyl sites for hydroxylation is 1. The fourth-order valence-corrected chi connectivity index (χ4v) is 4.24. The Morgan fingerprint density at radius 3 is 2.64 bits per heavy atom. The Morgan fingerprint density at radius 2 is 1.97 bits per heavy atom. The van der Waals surface area contributed by atoms with Crippen LogP contribution >= 0.6 is 11.6 Å². The molecule has 1 aliphatic heterocycles. The predicted molar refractivity (Wildman–Crippen MR) is 122 cm³/mol. The first kappa shape index (κ1) is 23.2. The molecule has 9 heteroatoms. The minimum atomic E-state index is -0.575. The van der Waals surface area contributed by atoms with Gasteiger partial charge in [0.1, 0.15) is 28.6 Å². The molecule has 1 atom stereocenters. The summed E-state index contributed by atoms with van der Waals surface area (Å²) < 4.78 is 30.5. The molecule has 0 spiro atoms. The van der Waals surface area contributed by atoms with E-state index in [1.165, 1.54) is 12.1 Å². The summed E-state index contributed by atoms with van der Waals surface area (Å²) in [4.78, 5) is 15.5. The van der Waals surface area contributed by atoms with E-state index in [0.717, 1.165) is 24.4 Å². The molecule has 0 bridgehead atoms. The van der Waals surface area contributed by atoms with Crippen molar-refractivity contribution in [1.82, 2.24) is 15.4 Å². The second kappa shape index (κ2) is 10.3. The van der Waals surface area contributed by atoms with Gasteiger partial charge in [-0.3, -0.25) is 9.69 Å². The van der Waals surface area contributed by atoms with Crippen molar-refractivity contribution in [2.45, 2.75) is 13.0 Å². The topological polar surface area (TPSA) is 76.8 Å². The molecule has 1 saturated heterocycles. The average molecular weight is 474 g/mol. The quantitative estimate of drug-likeness (QED) is 0.552. The van der Waals surface area contributed by atoms with Gasteiger partial charge in [-0.05, 0) is 36.8 Å². The Morgan fingerprint density at radius 1 is 1.24 bits per heavy atom. The first-order valence-corrected chi connectivity index (χ1v) is 11.0. The Labute approximate surface area is 196 Å². The molecule has 7 nitrogen and oxygen atoms in total. The van der Waals surface area contributed by atoms with E-state index < -0.39 is 11.7 Å². The molecule has 174 valence electrons. The lowest BCUT2D eigenvalue weighted by Gasteiger charge is -2.35. The number of rotatable bonds is 7. The normalized spacial score (nSPS) is 15.3. The fraction of sp³-hybridized carbons (Fsp3) is 0.333. The van der Waals surface area contributed by atoms with Gasteiger partial charge in [-0.1, -0.05) is 35.0 Å². The van der Waals surface area contributed by atoms with Gasteiger partial charge in [-0.25, -0.2) is 4.39 Å². The van der Waals surface area contributed by atoms with E-state index in [9.17, 15) is 9.18 Å². The first-order valence-electron chi connectivity index (χ1n) is 10.6. The molecule has 4 rings (SSSR count). The van der Waals surface area contributed by atoms with Crippen LogP contribution in [0.1, 0.15) is 27.7 Å². The number of hydrogen-bond acceptors (Lipinski definition) is 6. The Kier molecular flexibility index (Phi) is 7.27. The third-order valence-corrected chi connectivity index (χ3v) is 6.05. The highest BCUT2D eigenvalue weighted by Crippen LogP contribution is 2.33. The summed E-state index contributed by atoms with van der Waals surface area (Å²) >= 11 is 6.20. The predicted octanol–water partition coefficient (Wildman–Crippen LogP) is 4.25. The molecule has 1 N–H and O–H groups in total. The number of amides is 1. The number of morpholine rings is 1. The van der Waals surface area contributed by atoms with Crippen molar-refractivity contribution >= 4 is 17.5 Å². The van der Waals surface area contributed by atoms with Crippen molar-refractivity contribution in [2.75, 3.05) is 40.0 Å². The second-order valence-electron chi connectivity index (χ2n) is 7.71. The maximum absolute atomic E-state index is 14.5. The minimum absolute atomic E-state index is 0.0426.